The van der Waals surface area contributed by atoms with Gasteiger partial charge in [0, 0.05) is 0 Å². The van der Waals surface area contributed by atoms with Crippen molar-refractivity contribution in [3.8, 4) is 0 Å². The van der Waals surface area contributed by atoms with Crippen LogP contribution in [0, 0.1) is 5.92 Å². The third-order valence-electron chi connectivity index (χ3n) is 2.01. The Morgan fingerprint density at radius 1 is 1.17 bits per heavy atom. The first-order valence-electron chi connectivity index (χ1n) is 3.71. The molecule has 4 nitrogen and oxygen atoms in total. The van der Waals surface area contributed by atoms with Gasteiger partial charge in [-0.2, -0.15) is 0 Å². The molecule has 0 aromatic carbocycles. The van der Waals surface area contributed by atoms with Crippen LogP contribution in [0.2, 0.25) is 0 Å². The molecule has 1 saturated carbocycles. The molecule has 0 spiro atoms. The highest BCUT2D eigenvalue weighted by Crippen LogP contribution is 2.37. The molecule has 0 bridgehead atoms. The smallest absolute Gasteiger partial charge is 0.343 e. The summed E-state index contributed by atoms with van der Waals surface area (Å²) in [5.41, 5.74) is 0.0347. The number of rotatable bonds is 3. The number of hydrogen-bond acceptors (Lipinski definition) is 2. The first kappa shape index (κ1) is 8.77. The molecule has 4 heteroatoms. The van der Waals surface area contributed by atoms with Gasteiger partial charge in [0.15, 0.2) is 0 Å². The van der Waals surface area contributed by atoms with Crippen LogP contribution in [0.15, 0.2) is 11.1 Å². The fourth-order valence-electron chi connectivity index (χ4n) is 1.15. The second kappa shape index (κ2) is 2.97. The largest absolute Gasteiger partial charge is 0.477 e. The highest BCUT2D eigenvalue weighted by atomic mass is 16.4. The van der Waals surface area contributed by atoms with E-state index in [1.54, 1.807) is 6.92 Å². The van der Waals surface area contributed by atoms with Gasteiger partial charge in [0.2, 0.25) is 0 Å². The minimum absolute atomic E-state index is 0.187. The maximum atomic E-state index is 10.5. The van der Waals surface area contributed by atoms with E-state index in [9.17, 15) is 9.59 Å². The van der Waals surface area contributed by atoms with Crippen molar-refractivity contribution in [1.29, 1.82) is 0 Å². The van der Waals surface area contributed by atoms with Crippen LogP contribution in [0.1, 0.15) is 19.8 Å². The number of hydrogen-bond donors (Lipinski definition) is 2. The molecule has 0 aromatic rings. The molecule has 12 heavy (non-hydrogen) atoms. The van der Waals surface area contributed by atoms with Crippen LogP contribution in [-0.2, 0) is 9.59 Å². The minimum atomic E-state index is -1.34. The lowest BCUT2D eigenvalue weighted by Crippen LogP contribution is -2.14. The Bertz CT molecular complexity index is 244. The maximum Gasteiger partial charge on any atom is 0.343 e. The normalized spacial score (nSPS) is 15.4. The van der Waals surface area contributed by atoms with Crippen LogP contribution >= 0.6 is 0 Å². The highest BCUT2D eigenvalue weighted by Gasteiger charge is 2.30. The highest BCUT2D eigenvalue weighted by molar-refractivity contribution is 6.13. The number of carboxylic acid groups (broad SMARTS) is 2. The summed E-state index contributed by atoms with van der Waals surface area (Å²) >= 11 is 0. The topological polar surface area (TPSA) is 74.6 Å². The van der Waals surface area contributed by atoms with Crippen LogP contribution in [0.5, 0.6) is 0 Å². The van der Waals surface area contributed by atoms with E-state index in [0.29, 0.717) is 5.57 Å². The molecule has 0 radical (unpaired) electrons. The SMILES string of the molecule is CC(=C(C(=O)O)C(=O)O)C1CC1. The Kier molecular flexibility index (Phi) is 2.17. The van der Waals surface area contributed by atoms with E-state index in [1.807, 2.05) is 0 Å². The number of allylic oxidation sites excluding steroid dienone is 1. The second-order valence-electron chi connectivity index (χ2n) is 2.94. The van der Waals surface area contributed by atoms with Gasteiger partial charge in [0.25, 0.3) is 0 Å². The van der Waals surface area contributed by atoms with E-state index < -0.39 is 17.5 Å². The van der Waals surface area contributed by atoms with Gasteiger partial charge in [-0.25, -0.2) is 9.59 Å². The Morgan fingerprint density at radius 2 is 1.58 bits per heavy atom. The Morgan fingerprint density at radius 3 is 1.83 bits per heavy atom. The van der Waals surface area contributed by atoms with E-state index in [2.05, 4.69) is 0 Å². The second-order valence-corrected chi connectivity index (χ2v) is 2.94. The lowest BCUT2D eigenvalue weighted by molar-refractivity contribution is -0.140. The van der Waals surface area contributed by atoms with E-state index >= 15 is 0 Å². The van der Waals surface area contributed by atoms with E-state index in [-0.39, 0.29) is 5.92 Å². The molecule has 1 fully saturated rings. The Hall–Kier alpha value is -1.32. The van der Waals surface area contributed by atoms with Crippen molar-refractivity contribution in [2.75, 3.05) is 0 Å². The first-order chi connectivity index (χ1) is 5.54. The molecule has 0 atom stereocenters. The van der Waals surface area contributed by atoms with Gasteiger partial charge >= 0.3 is 11.9 Å². The number of aliphatic carboxylic acids is 2. The van der Waals surface area contributed by atoms with Crippen molar-refractivity contribution >= 4 is 11.9 Å². The molecule has 1 aliphatic rings. The third-order valence-corrected chi connectivity index (χ3v) is 2.01. The molecule has 0 aromatic heterocycles. The molecular formula is C8H10O4. The molecule has 0 saturated heterocycles. The molecule has 66 valence electrons. The quantitative estimate of drug-likeness (QED) is 0.374. The summed E-state index contributed by atoms with van der Waals surface area (Å²) in [5.74, 6) is -2.49. The summed E-state index contributed by atoms with van der Waals surface area (Å²) in [6, 6.07) is 0. The van der Waals surface area contributed by atoms with Crippen molar-refractivity contribution in [2.24, 2.45) is 5.92 Å². The van der Waals surface area contributed by atoms with Crippen LogP contribution in [0.3, 0.4) is 0 Å². The van der Waals surface area contributed by atoms with Crippen LogP contribution < -0.4 is 0 Å². The van der Waals surface area contributed by atoms with Crippen LogP contribution in [-0.4, -0.2) is 22.2 Å². The maximum absolute atomic E-state index is 10.5. The van der Waals surface area contributed by atoms with Crippen molar-refractivity contribution < 1.29 is 19.8 Å². The molecule has 0 heterocycles. The van der Waals surface area contributed by atoms with Gasteiger partial charge in [-0.3, -0.25) is 0 Å². The summed E-state index contributed by atoms with van der Waals surface area (Å²) in [6.07, 6.45) is 1.83. The van der Waals surface area contributed by atoms with Gasteiger partial charge in [-0.15, -0.1) is 0 Å². The molecule has 1 rings (SSSR count). The summed E-state index contributed by atoms with van der Waals surface area (Å²) in [7, 11) is 0. The van der Waals surface area contributed by atoms with Crippen molar-refractivity contribution in [2.45, 2.75) is 19.8 Å². The average molecular weight is 170 g/mol. The van der Waals surface area contributed by atoms with Crippen LogP contribution in [0.4, 0.5) is 0 Å². The molecule has 0 unspecified atom stereocenters. The van der Waals surface area contributed by atoms with Crippen molar-refractivity contribution in [3.05, 3.63) is 11.1 Å². The summed E-state index contributed by atoms with van der Waals surface area (Å²) < 4.78 is 0. The Labute approximate surface area is 69.5 Å². The van der Waals surface area contributed by atoms with Crippen molar-refractivity contribution in [1.82, 2.24) is 0 Å². The molecule has 1 aliphatic carbocycles. The van der Waals surface area contributed by atoms with E-state index in [1.165, 1.54) is 0 Å². The monoisotopic (exact) mass is 170 g/mol. The molecule has 0 aliphatic heterocycles. The molecular weight excluding hydrogens is 160 g/mol. The van der Waals surface area contributed by atoms with Crippen molar-refractivity contribution in [3.63, 3.8) is 0 Å². The lowest BCUT2D eigenvalue weighted by Gasteiger charge is -2.00. The fraction of sp³-hybridized carbons (Fsp3) is 0.500. The minimum Gasteiger partial charge on any atom is -0.477 e. The third kappa shape index (κ3) is 1.64. The number of carboxylic acids is 2. The summed E-state index contributed by atoms with van der Waals surface area (Å²) in [6.45, 7) is 1.58. The van der Waals surface area contributed by atoms with Gasteiger partial charge in [0.05, 0.1) is 0 Å². The average Bonchev–Trinajstić information content (AvgIpc) is 2.64. The summed E-state index contributed by atoms with van der Waals surface area (Å²) in [5, 5.41) is 17.1. The Balaban J connectivity index is 2.96. The zero-order valence-corrected chi connectivity index (χ0v) is 6.70. The predicted molar refractivity (Wildman–Crippen MR) is 40.7 cm³/mol. The zero-order valence-electron chi connectivity index (χ0n) is 6.70. The van der Waals surface area contributed by atoms with Gasteiger partial charge < -0.3 is 10.2 Å². The standard InChI is InChI=1S/C8H10O4/c1-4(5-2-3-5)6(7(9)10)8(11)12/h5H,2-3H2,1H3,(H,9,10)(H,11,12). The van der Waals surface area contributed by atoms with Gasteiger partial charge in [0.1, 0.15) is 5.57 Å². The molecule has 2 N–H and O–H groups in total. The zero-order chi connectivity index (χ0) is 9.30. The summed E-state index contributed by atoms with van der Waals surface area (Å²) in [4.78, 5) is 21.0. The van der Waals surface area contributed by atoms with E-state index in [0.717, 1.165) is 12.8 Å². The van der Waals surface area contributed by atoms with E-state index in [4.69, 9.17) is 10.2 Å². The first-order valence-corrected chi connectivity index (χ1v) is 3.71. The number of carbonyl (C=O) groups is 2. The lowest BCUT2D eigenvalue weighted by atomic mass is 10.1. The van der Waals surface area contributed by atoms with Gasteiger partial charge in [-0.05, 0) is 31.3 Å². The molecule has 0 amide bonds. The fourth-order valence-corrected chi connectivity index (χ4v) is 1.15. The van der Waals surface area contributed by atoms with Crippen LogP contribution in [0.25, 0.3) is 0 Å². The van der Waals surface area contributed by atoms with Gasteiger partial charge in [-0.1, -0.05) is 0 Å². The predicted octanol–water partition coefficient (Wildman–Crippen LogP) is 0.882.